The number of pyridine rings is 1. The molecule has 0 aromatic carbocycles. The second kappa shape index (κ2) is 6.83. The van der Waals surface area contributed by atoms with E-state index in [1.807, 2.05) is 20.8 Å². The third-order valence-corrected chi connectivity index (χ3v) is 2.82. The predicted molar refractivity (Wildman–Crippen MR) is 76.9 cm³/mol. The zero-order valence-corrected chi connectivity index (χ0v) is 12.2. The van der Waals surface area contributed by atoms with Crippen LogP contribution < -0.4 is 5.32 Å². The first-order valence-corrected chi connectivity index (χ1v) is 6.52. The Morgan fingerprint density at radius 1 is 1.55 bits per heavy atom. The second-order valence-corrected chi connectivity index (χ2v) is 4.83. The summed E-state index contributed by atoms with van der Waals surface area (Å²) in [6.07, 6.45) is 1.11. The van der Waals surface area contributed by atoms with Crippen LogP contribution in [0.3, 0.4) is 0 Å². The number of nitro groups is 1. The zero-order chi connectivity index (χ0) is 15.3. The van der Waals surface area contributed by atoms with Crippen LogP contribution in [-0.2, 0) is 0 Å². The van der Waals surface area contributed by atoms with Crippen molar-refractivity contribution in [2.75, 3.05) is 25.5 Å². The first-order chi connectivity index (χ1) is 9.40. The van der Waals surface area contributed by atoms with E-state index in [1.165, 1.54) is 6.07 Å². The van der Waals surface area contributed by atoms with Gasteiger partial charge in [-0.25, -0.2) is 4.98 Å². The van der Waals surface area contributed by atoms with Gasteiger partial charge >= 0.3 is 0 Å². The normalized spacial score (nSPS) is 10.4. The summed E-state index contributed by atoms with van der Waals surface area (Å²) in [4.78, 5) is 28.4. The Kier molecular flexibility index (Phi) is 5.42. The monoisotopic (exact) mass is 280 g/mol. The number of nitrogens with one attached hydrogen (secondary N) is 1. The molecule has 1 amide bonds. The van der Waals surface area contributed by atoms with Crippen LogP contribution in [0.15, 0.2) is 12.3 Å². The van der Waals surface area contributed by atoms with Crippen LogP contribution >= 0.6 is 0 Å². The van der Waals surface area contributed by atoms with Crippen LogP contribution in [-0.4, -0.2) is 40.9 Å². The second-order valence-electron chi connectivity index (χ2n) is 4.83. The third-order valence-electron chi connectivity index (χ3n) is 2.82. The lowest BCUT2D eigenvalue weighted by molar-refractivity contribution is -0.385. The van der Waals surface area contributed by atoms with Crippen molar-refractivity contribution in [3.63, 3.8) is 0 Å². The standard InChI is InChI=1S/C13H20N4O3/c1-5-16(8-9(2)3)13(18)10-6-12(14-4)15-7-11(10)17(19)20/h6-7,9H,5,8H2,1-4H3,(H,14,15). The van der Waals surface area contributed by atoms with Gasteiger partial charge in [-0.2, -0.15) is 0 Å². The van der Waals surface area contributed by atoms with Gasteiger partial charge in [0.15, 0.2) is 0 Å². The topological polar surface area (TPSA) is 88.4 Å². The molecule has 0 radical (unpaired) electrons. The summed E-state index contributed by atoms with van der Waals surface area (Å²) in [6.45, 7) is 6.91. The molecule has 20 heavy (non-hydrogen) atoms. The molecule has 0 spiro atoms. The molecular formula is C13H20N4O3. The van der Waals surface area contributed by atoms with Gasteiger partial charge in [-0.05, 0) is 12.8 Å². The van der Waals surface area contributed by atoms with E-state index in [0.29, 0.717) is 24.8 Å². The summed E-state index contributed by atoms with van der Waals surface area (Å²) in [5.41, 5.74) is -0.201. The van der Waals surface area contributed by atoms with Gasteiger partial charge < -0.3 is 10.2 Å². The smallest absolute Gasteiger partial charge is 0.300 e. The molecular weight excluding hydrogens is 260 g/mol. The fourth-order valence-electron chi connectivity index (χ4n) is 1.87. The molecule has 1 N–H and O–H groups in total. The molecule has 0 atom stereocenters. The zero-order valence-electron chi connectivity index (χ0n) is 12.2. The van der Waals surface area contributed by atoms with E-state index in [0.717, 1.165) is 6.20 Å². The molecule has 110 valence electrons. The molecule has 0 aliphatic carbocycles. The van der Waals surface area contributed by atoms with Crippen LogP contribution in [0, 0.1) is 16.0 Å². The fraction of sp³-hybridized carbons (Fsp3) is 0.538. The first kappa shape index (κ1) is 15.9. The molecule has 0 aliphatic heterocycles. The van der Waals surface area contributed by atoms with E-state index in [4.69, 9.17) is 0 Å². The van der Waals surface area contributed by atoms with Crippen molar-refractivity contribution in [1.82, 2.24) is 9.88 Å². The fourth-order valence-corrected chi connectivity index (χ4v) is 1.87. The van der Waals surface area contributed by atoms with Crippen molar-refractivity contribution in [3.05, 3.63) is 27.9 Å². The van der Waals surface area contributed by atoms with E-state index in [1.54, 1.807) is 11.9 Å². The van der Waals surface area contributed by atoms with E-state index in [2.05, 4.69) is 10.3 Å². The molecule has 0 aliphatic rings. The number of nitrogens with zero attached hydrogens (tertiary/aromatic N) is 3. The summed E-state index contributed by atoms with van der Waals surface area (Å²) in [6, 6.07) is 1.42. The highest BCUT2D eigenvalue weighted by Gasteiger charge is 2.25. The average Bonchev–Trinajstić information content (AvgIpc) is 2.42. The number of aromatic nitrogens is 1. The summed E-state index contributed by atoms with van der Waals surface area (Å²) >= 11 is 0. The molecule has 7 heteroatoms. The van der Waals surface area contributed by atoms with Gasteiger partial charge in [0.2, 0.25) is 0 Å². The summed E-state index contributed by atoms with van der Waals surface area (Å²) < 4.78 is 0. The number of hydrogen-bond donors (Lipinski definition) is 1. The van der Waals surface area contributed by atoms with Gasteiger partial charge in [-0.3, -0.25) is 14.9 Å². The number of hydrogen-bond acceptors (Lipinski definition) is 5. The van der Waals surface area contributed by atoms with Gasteiger partial charge in [-0.15, -0.1) is 0 Å². The van der Waals surface area contributed by atoms with Crippen LogP contribution in [0.1, 0.15) is 31.1 Å². The molecule has 0 fully saturated rings. The van der Waals surface area contributed by atoms with Crippen LogP contribution in [0.2, 0.25) is 0 Å². The van der Waals surface area contributed by atoms with Crippen molar-refractivity contribution in [3.8, 4) is 0 Å². The third kappa shape index (κ3) is 3.66. The number of carbonyl (C=O) groups is 1. The highest BCUT2D eigenvalue weighted by atomic mass is 16.6. The largest absolute Gasteiger partial charge is 0.373 e. The summed E-state index contributed by atoms with van der Waals surface area (Å²) in [5.74, 6) is 0.384. The number of amides is 1. The van der Waals surface area contributed by atoms with Crippen LogP contribution in [0.25, 0.3) is 0 Å². The highest BCUT2D eigenvalue weighted by Crippen LogP contribution is 2.22. The maximum absolute atomic E-state index is 12.5. The Hall–Kier alpha value is -2.18. The molecule has 1 aromatic rings. The van der Waals surface area contributed by atoms with Crippen molar-refractivity contribution < 1.29 is 9.72 Å². The Morgan fingerprint density at radius 2 is 2.20 bits per heavy atom. The molecule has 0 saturated heterocycles. The molecule has 1 heterocycles. The SMILES string of the molecule is CCN(CC(C)C)C(=O)c1cc(NC)ncc1[N+](=O)[O-]. The molecule has 0 saturated carbocycles. The lowest BCUT2D eigenvalue weighted by Crippen LogP contribution is -2.34. The van der Waals surface area contributed by atoms with E-state index >= 15 is 0 Å². The Labute approximate surface area is 118 Å². The molecule has 0 unspecified atom stereocenters. The van der Waals surface area contributed by atoms with Crippen LogP contribution in [0.4, 0.5) is 11.5 Å². The predicted octanol–water partition coefficient (Wildman–Crippen LogP) is 2.15. The Morgan fingerprint density at radius 3 is 2.65 bits per heavy atom. The molecule has 1 aromatic heterocycles. The minimum Gasteiger partial charge on any atom is -0.373 e. The van der Waals surface area contributed by atoms with E-state index in [9.17, 15) is 14.9 Å². The van der Waals surface area contributed by atoms with Gasteiger partial charge in [0.05, 0.1) is 4.92 Å². The Balaban J connectivity index is 3.20. The minimum atomic E-state index is -0.580. The van der Waals surface area contributed by atoms with Crippen molar-refractivity contribution in [2.45, 2.75) is 20.8 Å². The maximum atomic E-state index is 12.5. The number of rotatable bonds is 6. The lowest BCUT2D eigenvalue weighted by Gasteiger charge is -2.23. The maximum Gasteiger partial charge on any atom is 0.300 e. The van der Waals surface area contributed by atoms with E-state index < -0.39 is 4.92 Å². The number of anilines is 1. The van der Waals surface area contributed by atoms with Gasteiger partial charge in [0.25, 0.3) is 11.6 Å². The molecule has 0 bridgehead atoms. The van der Waals surface area contributed by atoms with Crippen LogP contribution in [0.5, 0.6) is 0 Å². The Bertz CT molecular complexity index is 502. The number of carbonyl (C=O) groups excluding carboxylic acids is 1. The quantitative estimate of drug-likeness (QED) is 0.637. The van der Waals surface area contributed by atoms with Gasteiger partial charge in [0, 0.05) is 26.2 Å². The van der Waals surface area contributed by atoms with Crippen molar-refractivity contribution in [1.29, 1.82) is 0 Å². The highest BCUT2D eigenvalue weighted by molar-refractivity contribution is 5.98. The van der Waals surface area contributed by atoms with Crippen molar-refractivity contribution in [2.24, 2.45) is 5.92 Å². The first-order valence-electron chi connectivity index (χ1n) is 6.52. The van der Waals surface area contributed by atoms with E-state index in [-0.39, 0.29) is 17.2 Å². The summed E-state index contributed by atoms with van der Waals surface area (Å²) in [7, 11) is 1.65. The summed E-state index contributed by atoms with van der Waals surface area (Å²) in [5, 5.41) is 13.8. The lowest BCUT2D eigenvalue weighted by atomic mass is 10.1. The van der Waals surface area contributed by atoms with Gasteiger partial charge in [-0.1, -0.05) is 13.8 Å². The van der Waals surface area contributed by atoms with Crippen molar-refractivity contribution >= 4 is 17.4 Å². The molecule has 1 rings (SSSR count). The van der Waals surface area contributed by atoms with Gasteiger partial charge in [0.1, 0.15) is 17.6 Å². The molecule has 7 nitrogen and oxygen atoms in total. The average molecular weight is 280 g/mol. The minimum absolute atomic E-state index is 0.0665.